The van der Waals surface area contributed by atoms with Crippen molar-refractivity contribution in [2.75, 3.05) is 33.2 Å². The number of aryl methyl sites for hydroxylation is 2. The average molecular weight is 462 g/mol. The summed E-state index contributed by atoms with van der Waals surface area (Å²) < 4.78 is 15.1. The SMILES string of the molecule is Cc1cc(C)c2[nH]c(=O)c([C@@H](c3nnnn3Cc3ccc(F)cc3)N3CCN(C)CC3)cc2c1. The number of halogens is 1. The lowest BCUT2D eigenvalue weighted by atomic mass is 10.00. The van der Waals surface area contributed by atoms with Gasteiger partial charge in [0.2, 0.25) is 0 Å². The molecule has 5 rings (SSSR count). The van der Waals surface area contributed by atoms with Crippen LogP contribution in [0.2, 0.25) is 0 Å². The van der Waals surface area contributed by atoms with Crippen molar-refractivity contribution in [1.82, 2.24) is 35.0 Å². The van der Waals surface area contributed by atoms with Crippen LogP contribution in [-0.4, -0.2) is 68.2 Å². The molecule has 2 aromatic heterocycles. The summed E-state index contributed by atoms with van der Waals surface area (Å²) in [4.78, 5) is 21.1. The topological polar surface area (TPSA) is 82.9 Å². The third-order valence-electron chi connectivity index (χ3n) is 6.57. The number of nitrogens with one attached hydrogen (secondary N) is 1. The number of rotatable bonds is 5. The third-order valence-corrected chi connectivity index (χ3v) is 6.57. The predicted molar refractivity (Wildman–Crippen MR) is 128 cm³/mol. The number of likely N-dealkylation sites (N-methyl/N-ethyl adjacent to an activating group) is 1. The van der Waals surface area contributed by atoms with Gasteiger partial charge in [-0.05, 0) is 72.1 Å². The molecule has 1 N–H and O–H groups in total. The van der Waals surface area contributed by atoms with Crippen LogP contribution in [0.25, 0.3) is 10.9 Å². The van der Waals surface area contributed by atoms with E-state index in [1.807, 2.05) is 13.0 Å². The molecule has 1 aliphatic rings. The highest BCUT2D eigenvalue weighted by Crippen LogP contribution is 2.29. The number of H-pyrrole nitrogens is 1. The van der Waals surface area contributed by atoms with E-state index in [2.05, 4.69) is 56.4 Å². The Labute approximate surface area is 197 Å². The molecule has 8 nitrogen and oxygen atoms in total. The molecule has 0 aliphatic carbocycles. The number of hydrogen-bond acceptors (Lipinski definition) is 6. The summed E-state index contributed by atoms with van der Waals surface area (Å²) in [6.07, 6.45) is 0. The number of pyridine rings is 1. The van der Waals surface area contributed by atoms with E-state index in [0.717, 1.165) is 53.8 Å². The number of tetrazole rings is 1. The Bertz CT molecular complexity index is 1370. The van der Waals surface area contributed by atoms with Crippen LogP contribution in [0.1, 0.15) is 34.1 Å². The summed E-state index contributed by atoms with van der Waals surface area (Å²) in [7, 11) is 2.10. The number of hydrogen-bond donors (Lipinski definition) is 1. The fraction of sp³-hybridized carbons (Fsp3) is 0.360. The zero-order valence-corrected chi connectivity index (χ0v) is 19.6. The van der Waals surface area contributed by atoms with Gasteiger partial charge in [0.25, 0.3) is 5.56 Å². The van der Waals surface area contributed by atoms with E-state index in [1.54, 1.807) is 16.8 Å². The van der Waals surface area contributed by atoms with Crippen molar-refractivity contribution < 1.29 is 4.39 Å². The Morgan fingerprint density at radius 2 is 1.79 bits per heavy atom. The molecular formula is C25H28FN7O. The molecule has 1 saturated heterocycles. The molecule has 1 fully saturated rings. The Hall–Kier alpha value is -3.43. The molecule has 0 spiro atoms. The van der Waals surface area contributed by atoms with E-state index in [9.17, 15) is 9.18 Å². The largest absolute Gasteiger partial charge is 0.321 e. The maximum Gasteiger partial charge on any atom is 0.253 e. The van der Waals surface area contributed by atoms with Crippen molar-refractivity contribution in [2.45, 2.75) is 26.4 Å². The van der Waals surface area contributed by atoms with Crippen LogP contribution in [-0.2, 0) is 6.54 Å². The predicted octanol–water partition coefficient (Wildman–Crippen LogP) is 2.66. The lowest BCUT2D eigenvalue weighted by molar-refractivity contribution is 0.121. The number of aromatic nitrogens is 5. The molecule has 176 valence electrons. The summed E-state index contributed by atoms with van der Waals surface area (Å²) in [5.41, 5.74) is 4.39. The van der Waals surface area contributed by atoms with Gasteiger partial charge in [-0.15, -0.1) is 5.10 Å². The number of fused-ring (bicyclic) bond motifs is 1. The zero-order valence-electron chi connectivity index (χ0n) is 19.6. The summed E-state index contributed by atoms with van der Waals surface area (Å²) in [6, 6.07) is 12.0. The molecule has 4 aromatic rings. The van der Waals surface area contributed by atoms with Crippen LogP contribution >= 0.6 is 0 Å². The number of piperazine rings is 1. The Kier molecular flexibility index (Phi) is 5.97. The van der Waals surface area contributed by atoms with Crippen LogP contribution in [0.4, 0.5) is 4.39 Å². The smallest absolute Gasteiger partial charge is 0.253 e. The van der Waals surface area contributed by atoms with E-state index in [4.69, 9.17) is 0 Å². The fourth-order valence-electron chi connectivity index (χ4n) is 4.77. The lowest BCUT2D eigenvalue weighted by Crippen LogP contribution is -2.47. The van der Waals surface area contributed by atoms with E-state index in [1.165, 1.54) is 12.1 Å². The van der Waals surface area contributed by atoms with Crippen molar-refractivity contribution in [3.05, 3.63) is 86.7 Å². The van der Waals surface area contributed by atoms with Crippen molar-refractivity contribution in [3.63, 3.8) is 0 Å². The highest BCUT2D eigenvalue weighted by Gasteiger charge is 2.32. The molecular weight excluding hydrogens is 433 g/mol. The maximum absolute atomic E-state index is 13.4. The monoisotopic (exact) mass is 461 g/mol. The van der Waals surface area contributed by atoms with Crippen molar-refractivity contribution >= 4 is 10.9 Å². The second-order valence-corrected chi connectivity index (χ2v) is 9.16. The highest BCUT2D eigenvalue weighted by molar-refractivity contribution is 5.83. The quantitative estimate of drug-likeness (QED) is 0.492. The Morgan fingerprint density at radius 1 is 1.06 bits per heavy atom. The second kappa shape index (κ2) is 9.08. The molecule has 3 heterocycles. The first-order valence-corrected chi connectivity index (χ1v) is 11.5. The minimum atomic E-state index is -0.405. The summed E-state index contributed by atoms with van der Waals surface area (Å²) in [5, 5.41) is 13.5. The van der Waals surface area contributed by atoms with Crippen molar-refractivity contribution in [3.8, 4) is 0 Å². The van der Waals surface area contributed by atoms with Gasteiger partial charge in [0.05, 0.1) is 12.1 Å². The van der Waals surface area contributed by atoms with Gasteiger partial charge in [0.15, 0.2) is 5.82 Å². The molecule has 2 aromatic carbocycles. The molecule has 0 bridgehead atoms. The first-order valence-electron chi connectivity index (χ1n) is 11.5. The molecule has 1 aliphatic heterocycles. The molecule has 0 unspecified atom stereocenters. The van der Waals surface area contributed by atoms with Crippen LogP contribution in [0.5, 0.6) is 0 Å². The summed E-state index contributed by atoms with van der Waals surface area (Å²) in [5.74, 6) is 0.312. The maximum atomic E-state index is 13.4. The molecule has 9 heteroatoms. The van der Waals surface area contributed by atoms with Crippen LogP contribution < -0.4 is 5.56 Å². The average Bonchev–Trinajstić information content (AvgIpc) is 3.25. The highest BCUT2D eigenvalue weighted by atomic mass is 19.1. The number of nitrogens with zero attached hydrogens (tertiary/aromatic N) is 6. The fourth-order valence-corrected chi connectivity index (χ4v) is 4.77. The van der Waals surface area contributed by atoms with E-state index in [-0.39, 0.29) is 11.4 Å². The van der Waals surface area contributed by atoms with Gasteiger partial charge < -0.3 is 9.88 Å². The number of aromatic amines is 1. The van der Waals surface area contributed by atoms with Crippen molar-refractivity contribution in [1.29, 1.82) is 0 Å². The first kappa shape index (κ1) is 22.4. The van der Waals surface area contributed by atoms with Gasteiger partial charge in [0.1, 0.15) is 11.9 Å². The van der Waals surface area contributed by atoms with Gasteiger partial charge in [-0.2, -0.15) is 0 Å². The van der Waals surface area contributed by atoms with Crippen LogP contribution in [0, 0.1) is 19.7 Å². The van der Waals surface area contributed by atoms with Gasteiger partial charge in [-0.1, -0.05) is 23.8 Å². The minimum absolute atomic E-state index is 0.139. The zero-order chi connectivity index (χ0) is 23.8. The van der Waals surface area contributed by atoms with Gasteiger partial charge in [-0.25, -0.2) is 9.07 Å². The molecule has 0 amide bonds. The molecule has 1 atom stereocenters. The van der Waals surface area contributed by atoms with Crippen LogP contribution in [0.15, 0.2) is 47.3 Å². The summed E-state index contributed by atoms with van der Waals surface area (Å²) in [6.45, 7) is 7.80. The Balaban J connectivity index is 1.62. The molecule has 34 heavy (non-hydrogen) atoms. The first-order chi connectivity index (χ1) is 16.4. The van der Waals surface area contributed by atoms with E-state index in [0.29, 0.717) is 17.9 Å². The van der Waals surface area contributed by atoms with E-state index < -0.39 is 6.04 Å². The Morgan fingerprint density at radius 3 is 2.53 bits per heavy atom. The summed E-state index contributed by atoms with van der Waals surface area (Å²) >= 11 is 0. The van der Waals surface area contributed by atoms with E-state index >= 15 is 0 Å². The van der Waals surface area contributed by atoms with Gasteiger partial charge in [-0.3, -0.25) is 9.69 Å². The lowest BCUT2D eigenvalue weighted by Gasteiger charge is -2.37. The van der Waals surface area contributed by atoms with Gasteiger partial charge >= 0.3 is 0 Å². The second-order valence-electron chi connectivity index (χ2n) is 9.16. The molecule has 0 radical (unpaired) electrons. The van der Waals surface area contributed by atoms with Gasteiger partial charge in [0, 0.05) is 31.7 Å². The third kappa shape index (κ3) is 4.36. The number of benzene rings is 2. The standard InChI is InChI=1S/C25H28FN7O/c1-16-12-17(2)22-19(13-16)14-21(25(34)27-22)23(32-10-8-31(3)9-11-32)24-28-29-30-33(24)15-18-4-6-20(26)7-5-18/h4-7,12-14,23H,8-11,15H2,1-3H3,(H,27,34)/t23-/m0/s1. The minimum Gasteiger partial charge on any atom is -0.321 e. The normalized spacial score (nSPS) is 16.2. The van der Waals surface area contributed by atoms with Crippen molar-refractivity contribution in [2.24, 2.45) is 0 Å². The van der Waals surface area contributed by atoms with Crippen LogP contribution in [0.3, 0.4) is 0 Å². The molecule has 0 saturated carbocycles.